The van der Waals surface area contributed by atoms with Gasteiger partial charge in [-0.3, -0.25) is 4.79 Å². The third-order valence-electron chi connectivity index (χ3n) is 8.88. The maximum atomic E-state index is 13.1. The second-order valence-corrected chi connectivity index (χ2v) is 10.4. The fourth-order valence-electron chi connectivity index (χ4n) is 7.27. The Kier molecular flexibility index (Phi) is 5.39. The number of methoxy groups -OCH3 is 2. The third-order valence-corrected chi connectivity index (χ3v) is 8.88. The van der Waals surface area contributed by atoms with Gasteiger partial charge < -0.3 is 19.1 Å². The molecule has 1 saturated carbocycles. The van der Waals surface area contributed by atoms with Crippen LogP contribution in [0.4, 0.5) is 0 Å². The van der Waals surface area contributed by atoms with Gasteiger partial charge in [0.05, 0.1) is 26.4 Å². The number of carbonyl (C=O) groups excluding carboxylic acids is 1. The van der Waals surface area contributed by atoms with Gasteiger partial charge in [-0.05, 0) is 66.9 Å². The molecule has 0 spiro atoms. The molecule has 0 amide bonds. The largest absolute Gasteiger partial charge is 0.493 e. The molecule has 0 radical (unpaired) electrons. The number of nitrogens with zero attached hydrogens (tertiary/aromatic N) is 1. The minimum absolute atomic E-state index is 0.204. The first kappa shape index (κ1) is 22.6. The summed E-state index contributed by atoms with van der Waals surface area (Å²) in [6.07, 6.45) is 3.52. The highest BCUT2D eigenvalue weighted by atomic mass is 16.5. The van der Waals surface area contributed by atoms with E-state index in [9.17, 15) is 4.79 Å². The lowest BCUT2D eigenvalue weighted by atomic mass is 9.49. The summed E-state index contributed by atoms with van der Waals surface area (Å²) < 4.78 is 18.8. The van der Waals surface area contributed by atoms with Crippen molar-refractivity contribution in [2.45, 2.75) is 55.8 Å². The van der Waals surface area contributed by atoms with Crippen LogP contribution in [-0.2, 0) is 28.0 Å². The Bertz CT molecular complexity index is 1300. The number of piperidine rings is 1. The van der Waals surface area contributed by atoms with Crippen molar-refractivity contribution in [1.29, 1.82) is 0 Å². The Morgan fingerprint density at radius 1 is 1.00 bits per heavy atom. The molecule has 1 aliphatic heterocycles. The smallest absolute Gasteiger partial charge is 0.164 e. The fourth-order valence-corrected chi connectivity index (χ4v) is 7.27. The molecule has 3 aromatic rings. The summed E-state index contributed by atoms with van der Waals surface area (Å²) in [7, 11) is 5.59. The van der Waals surface area contributed by atoms with Gasteiger partial charge in [-0.25, -0.2) is 0 Å². The van der Waals surface area contributed by atoms with Crippen molar-refractivity contribution in [3.63, 3.8) is 0 Å². The normalized spacial score (nSPS) is 27.9. The summed E-state index contributed by atoms with van der Waals surface area (Å²) in [6.45, 7) is 1.45. The highest BCUT2D eigenvalue weighted by molar-refractivity contribution is 5.84. The Labute approximate surface area is 207 Å². The van der Waals surface area contributed by atoms with Gasteiger partial charge >= 0.3 is 0 Å². The van der Waals surface area contributed by atoms with Crippen molar-refractivity contribution in [2.24, 2.45) is 0 Å². The van der Waals surface area contributed by atoms with Crippen molar-refractivity contribution in [3.8, 4) is 11.5 Å². The molecule has 0 aromatic heterocycles. The Balaban J connectivity index is 1.49. The lowest BCUT2D eigenvalue weighted by Gasteiger charge is -2.64. The summed E-state index contributed by atoms with van der Waals surface area (Å²) in [6, 6.07) is 19.4. The van der Waals surface area contributed by atoms with Crippen LogP contribution >= 0.6 is 0 Å². The number of ether oxygens (including phenoxy) is 3. The molecule has 0 N–H and O–H groups in total. The van der Waals surface area contributed by atoms with E-state index in [1.165, 1.54) is 16.3 Å². The molecule has 1 saturated heterocycles. The first-order valence-electron chi connectivity index (χ1n) is 12.6. The van der Waals surface area contributed by atoms with Crippen LogP contribution in [0.3, 0.4) is 0 Å². The maximum absolute atomic E-state index is 13.1. The zero-order valence-corrected chi connectivity index (χ0v) is 20.8. The Morgan fingerprint density at radius 3 is 2.63 bits per heavy atom. The molecule has 5 nitrogen and oxygen atoms in total. The molecule has 2 aliphatic carbocycles. The second-order valence-electron chi connectivity index (χ2n) is 10.4. The van der Waals surface area contributed by atoms with Gasteiger partial charge in [0.1, 0.15) is 5.78 Å². The minimum Gasteiger partial charge on any atom is -0.493 e. The number of likely N-dealkylation sites (tertiary alicyclic amines) is 1. The number of Topliss-reactive ketones (excluding diaryl/α,β-unsaturated/α-hetero) is 1. The van der Waals surface area contributed by atoms with Crippen LogP contribution in [0.15, 0.2) is 54.6 Å². The van der Waals surface area contributed by atoms with Gasteiger partial charge in [-0.15, -0.1) is 0 Å². The van der Waals surface area contributed by atoms with Crippen molar-refractivity contribution in [1.82, 2.24) is 4.90 Å². The van der Waals surface area contributed by atoms with Crippen molar-refractivity contribution < 1.29 is 19.0 Å². The second kappa shape index (κ2) is 8.35. The zero-order chi connectivity index (χ0) is 24.2. The van der Waals surface area contributed by atoms with Crippen molar-refractivity contribution in [2.75, 3.05) is 27.8 Å². The summed E-state index contributed by atoms with van der Waals surface area (Å²) >= 11 is 0. The molecule has 0 unspecified atom stereocenters. The molecule has 6 rings (SSSR count). The van der Waals surface area contributed by atoms with Crippen LogP contribution < -0.4 is 9.47 Å². The topological polar surface area (TPSA) is 48.0 Å². The zero-order valence-electron chi connectivity index (χ0n) is 20.8. The van der Waals surface area contributed by atoms with Crippen LogP contribution in [0.5, 0.6) is 11.5 Å². The van der Waals surface area contributed by atoms with Gasteiger partial charge in [0.15, 0.2) is 11.5 Å². The molecule has 35 heavy (non-hydrogen) atoms. The van der Waals surface area contributed by atoms with E-state index < -0.39 is 11.0 Å². The lowest BCUT2D eigenvalue weighted by Crippen LogP contribution is -2.73. The average molecular weight is 472 g/mol. The van der Waals surface area contributed by atoms with Gasteiger partial charge in [-0.2, -0.15) is 0 Å². The summed E-state index contributed by atoms with van der Waals surface area (Å²) in [5.74, 6) is 1.80. The third kappa shape index (κ3) is 3.25. The van der Waals surface area contributed by atoms with Crippen molar-refractivity contribution >= 4 is 16.6 Å². The predicted octanol–water partition coefficient (Wildman–Crippen LogP) is 5.06. The number of likely N-dealkylation sites (N-methyl/N-ethyl adjacent to an activating group) is 1. The molecule has 3 aliphatic rings. The summed E-state index contributed by atoms with van der Waals surface area (Å²) in [4.78, 5) is 15.5. The SMILES string of the molecule is COc1ccc2c(c1OC)[C@]13CCN(C)[C@H](C2)[C@]1(OCc1ccc2ccccc2c1)CCC(=O)C3. The molecule has 3 atom stereocenters. The molecule has 5 heteroatoms. The number of hydrogen-bond donors (Lipinski definition) is 0. The lowest BCUT2D eigenvalue weighted by molar-refractivity contribution is -0.202. The van der Waals surface area contributed by atoms with E-state index in [0.29, 0.717) is 25.2 Å². The molecule has 2 fully saturated rings. The highest BCUT2D eigenvalue weighted by Crippen LogP contribution is 2.62. The monoisotopic (exact) mass is 471 g/mol. The number of carbonyl (C=O) groups is 1. The van der Waals surface area contributed by atoms with Crippen LogP contribution in [0, 0.1) is 0 Å². The number of rotatable bonds is 5. The molecular formula is C30H33NO4. The number of fused-ring (bicyclic) bond motifs is 2. The number of benzene rings is 3. The Hall–Kier alpha value is -2.89. The van der Waals surface area contributed by atoms with E-state index in [-0.39, 0.29) is 6.04 Å². The van der Waals surface area contributed by atoms with E-state index in [1.807, 2.05) is 6.07 Å². The number of ketones is 1. The van der Waals surface area contributed by atoms with E-state index in [4.69, 9.17) is 14.2 Å². The van der Waals surface area contributed by atoms with Crippen LogP contribution in [-0.4, -0.2) is 50.1 Å². The molecule has 182 valence electrons. The van der Waals surface area contributed by atoms with Gasteiger partial charge in [0.25, 0.3) is 0 Å². The first-order chi connectivity index (χ1) is 17.0. The average Bonchev–Trinajstić information content (AvgIpc) is 2.88. The van der Waals surface area contributed by atoms with E-state index >= 15 is 0 Å². The minimum atomic E-state index is -0.466. The molecular weight excluding hydrogens is 438 g/mol. The quantitative estimate of drug-likeness (QED) is 0.520. The molecule has 2 bridgehead atoms. The standard InChI is InChI=1S/C30H33NO4/c1-31-15-14-29-18-24(32)12-13-30(29,35-19-20-8-9-21-6-4-5-7-22(21)16-20)26(31)17-23-10-11-25(33-2)28(34-3)27(23)29/h4-11,16,26H,12-15,17-19H2,1-3H3/t26-,29-,30-/m1/s1. The van der Waals surface area contributed by atoms with E-state index in [0.717, 1.165) is 48.4 Å². The summed E-state index contributed by atoms with van der Waals surface area (Å²) in [5, 5.41) is 2.45. The fraction of sp³-hybridized carbons (Fsp3) is 0.433. The van der Waals surface area contributed by atoms with Crippen LogP contribution in [0.25, 0.3) is 10.8 Å². The van der Waals surface area contributed by atoms with E-state index in [1.54, 1.807) is 14.2 Å². The predicted molar refractivity (Wildman–Crippen MR) is 136 cm³/mol. The summed E-state index contributed by atoms with van der Waals surface area (Å²) in [5.41, 5.74) is 2.65. The molecule has 3 aromatic carbocycles. The van der Waals surface area contributed by atoms with Crippen molar-refractivity contribution in [3.05, 3.63) is 71.3 Å². The van der Waals surface area contributed by atoms with Gasteiger partial charge in [-0.1, -0.05) is 42.5 Å². The van der Waals surface area contributed by atoms with Crippen LogP contribution in [0.1, 0.15) is 42.4 Å². The van der Waals surface area contributed by atoms with E-state index in [2.05, 4.69) is 60.5 Å². The highest BCUT2D eigenvalue weighted by Gasteiger charge is 2.66. The van der Waals surface area contributed by atoms with Gasteiger partial charge in [0, 0.05) is 29.9 Å². The molecule has 1 heterocycles. The van der Waals surface area contributed by atoms with Gasteiger partial charge in [0.2, 0.25) is 0 Å². The first-order valence-corrected chi connectivity index (χ1v) is 12.6. The number of hydrogen-bond acceptors (Lipinski definition) is 5. The Morgan fingerprint density at radius 2 is 1.83 bits per heavy atom. The van der Waals surface area contributed by atoms with Crippen LogP contribution in [0.2, 0.25) is 0 Å². The maximum Gasteiger partial charge on any atom is 0.164 e.